The van der Waals surface area contributed by atoms with Crippen molar-refractivity contribution in [1.29, 1.82) is 0 Å². The zero-order valence-electron chi connectivity index (χ0n) is 12.5. The molecule has 1 aliphatic rings. The van der Waals surface area contributed by atoms with Crippen LogP contribution in [0.15, 0.2) is 29.2 Å². The smallest absolute Gasteiger partial charge is 0.295 e. The minimum Gasteiger partial charge on any atom is -0.295 e. The van der Waals surface area contributed by atoms with Crippen molar-refractivity contribution >= 4 is 27.5 Å². The molecule has 5 nitrogen and oxygen atoms in total. The van der Waals surface area contributed by atoms with Crippen LogP contribution < -0.4 is 4.72 Å². The van der Waals surface area contributed by atoms with Gasteiger partial charge in [0.05, 0.1) is 11.4 Å². The van der Waals surface area contributed by atoms with E-state index in [0.29, 0.717) is 5.02 Å². The molecule has 24 heavy (non-hydrogen) atoms. The Morgan fingerprint density at radius 3 is 2.25 bits per heavy atom. The van der Waals surface area contributed by atoms with Gasteiger partial charge in [0.25, 0.3) is 10.0 Å². The van der Waals surface area contributed by atoms with Crippen LogP contribution in [0.5, 0.6) is 0 Å². The van der Waals surface area contributed by atoms with Crippen molar-refractivity contribution in [2.45, 2.75) is 23.9 Å². The lowest BCUT2D eigenvalue weighted by Crippen LogP contribution is -2.44. The van der Waals surface area contributed by atoms with Gasteiger partial charge in [0.1, 0.15) is 0 Å². The monoisotopic (exact) mass is 384 g/mol. The number of carbonyl (C=O) groups is 1. The van der Waals surface area contributed by atoms with Crippen LogP contribution in [0.25, 0.3) is 0 Å². The van der Waals surface area contributed by atoms with E-state index < -0.39 is 34.6 Å². The molecule has 2 rings (SSSR count). The second-order valence-corrected chi connectivity index (χ2v) is 7.71. The minimum absolute atomic E-state index is 0.0958. The van der Waals surface area contributed by atoms with Gasteiger partial charge in [-0.2, -0.15) is 13.2 Å². The number of likely N-dealkylation sites (tertiary alicyclic amines) is 1. The third-order valence-corrected chi connectivity index (χ3v) is 5.33. The number of alkyl halides is 3. The fourth-order valence-corrected chi connectivity index (χ4v) is 3.67. The van der Waals surface area contributed by atoms with E-state index in [9.17, 15) is 26.4 Å². The van der Waals surface area contributed by atoms with Gasteiger partial charge < -0.3 is 0 Å². The van der Waals surface area contributed by atoms with Crippen molar-refractivity contribution in [3.63, 3.8) is 0 Å². The summed E-state index contributed by atoms with van der Waals surface area (Å²) in [6.45, 7) is -0.832. The van der Waals surface area contributed by atoms with Gasteiger partial charge >= 0.3 is 6.18 Å². The Hall–Kier alpha value is -1.32. The van der Waals surface area contributed by atoms with E-state index in [0.717, 1.165) is 0 Å². The molecule has 0 bridgehead atoms. The summed E-state index contributed by atoms with van der Waals surface area (Å²) < 4.78 is 63.2. The van der Waals surface area contributed by atoms with Crippen molar-refractivity contribution in [2.24, 2.45) is 5.92 Å². The number of rotatable bonds is 4. The van der Waals surface area contributed by atoms with E-state index in [1.54, 1.807) is 0 Å². The van der Waals surface area contributed by atoms with E-state index in [2.05, 4.69) is 0 Å². The second kappa shape index (κ2) is 7.28. The predicted molar refractivity (Wildman–Crippen MR) is 82.0 cm³/mol. The highest BCUT2D eigenvalue weighted by atomic mass is 35.5. The van der Waals surface area contributed by atoms with Crippen LogP contribution in [0.2, 0.25) is 5.02 Å². The van der Waals surface area contributed by atoms with Crippen LogP contribution in [0, 0.1) is 5.92 Å². The highest BCUT2D eigenvalue weighted by Gasteiger charge is 2.34. The van der Waals surface area contributed by atoms with Gasteiger partial charge in [0.2, 0.25) is 5.91 Å². The lowest BCUT2D eigenvalue weighted by atomic mass is 9.96. The van der Waals surface area contributed by atoms with Gasteiger partial charge in [-0.1, -0.05) is 11.6 Å². The topological polar surface area (TPSA) is 66.5 Å². The summed E-state index contributed by atoms with van der Waals surface area (Å²) in [4.78, 5) is 13.2. The van der Waals surface area contributed by atoms with Gasteiger partial charge in [0, 0.05) is 10.9 Å². The molecule has 1 saturated heterocycles. The van der Waals surface area contributed by atoms with E-state index in [1.165, 1.54) is 29.2 Å². The normalized spacial score (nSPS) is 17.7. The summed E-state index contributed by atoms with van der Waals surface area (Å²) in [5, 5.41) is 0.359. The minimum atomic E-state index is -4.28. The van der Waals surface area contributed by atoms with E-state index in [4.69, 9.17) is 11.6 Å². The van der Waals surface area contributed by atoms with Crippen LogP contribution in [0.3, 0.4) is 0 Å². The molecule has 0 radical (unpaired) electrons. The summed E-state index contributed by atoms with van der Waals surface area (Å²) in [7, 11) is -4.02. The molecule has 1 aromatic carbocycles. The first-order valence-corrected chi connectivity index (χ1v) is 9.04. The molecule has 1 heterocycles. The van der Waals surface area contributed by atoms with Gasteiger partial charge in [-0.25, -0.2) is 13.1 Å². The zero-order chi connectivity index (χ0) is 18.0. The molecule has 0 saturated carbocycles. The fraction of sp³-hybridized carbons (Fsp3) is 0.500. The zero-order valence-corrected chi connectivity index (χ0v) is 14.1. The van der Waals surface area contributed by atoms with E-state index >= 15 is 0 Å². The maximum absolute atomic E-state index is 12.3. The first-order chi connectivity index (χ1) is 11.1. The SMILES string of the molecule is O=C(NS(=O)(=O)c1ccc(Cl)cc1)C1CCN(CC(F)(F)F)CC1. The van der Waals surface area contributed by atoms with Crippen LogP contribution in [-0.2, 0) is 14.8 Å². The van der Waals surface area contributed by atoms with Crippen molar-refractivity contribution in [2.75, 3.05) is 19.6 Å². The quantitative estimate of drug-likeness (QED) is 0.865. The Balaban J connectivity index is 1.92. The van der Waals surface area contributed by atoms with Gasteiger partial charge in [-0.15, -0.1) is 0 Å². The number of piperidine rings is 1. The Morgan fingerprint density at radius 1 is 1.21 bits per heavy atom. The lowest BCUT2D eigenvalue weighted by molar-refractivity contribution is -0.149. The third-order valence-electron chi connectivity index (χ3n) is 3.72. The maximum Gasteiger partial charge on any atom is 0.401 e. The number of nitrogens with one attached hydrogen (secondary N) is 1. The number of hydrogen-bond donors (Lipinski definition) is 1. The standard InChI is InChI=1S/C14H16ClF3N2O3S/c15-11-1-3-12(4-2-11)24(22,23)19-13(21)10-5-7-20(8-6-10)9-14(16,17)18/h1-4,10H,5-9H2,(H,19,21). The van der Waals surface area contributed by atoms with Crippen LogP contribution >= 0.6 is 11.6 Å². The summed E-state index contributed by atoms with van der Waals surface area (Å²) in [5.74, 6) is -1.33. The first kappa shape index (κ1) is 19.0. The first-order valence-electron chi connectivity index (χ1n) is 7.18. The molecule has 10 heteroatoms. The Bertz CT molecular complexity index is 684. The molecule has 1 amide bonds. The molecular formula is C14H16ClF3N2O3S. The van der Waals surface area contributed by atoms with Gasteiger partial charge in [-0.3, -0.25) is 9.69 Å². The Labute approximate surface area is 142 Å². The second-order valence-electron chi connectivity index (χ2n) is 5.59. The van der Waals surface area contributed by atoms with Crippen molar-refractivity contribution in [1.82, 2.24) is 9.62 Å². The third kappa shape index (κ3) is 5.35. The van der Waals surface area contributed by atoms with Gasteiger partial charge in [-0.05, 0) is 50.2 Å². The molecule has 1 N–H and O–H groups in total. The molecule has 134 valence electrons. The van der Waals surface area contributed by atoms with Crippen LogP contribution in [-0.4, -0.2) is 45.0 Å². The molecule has 0 unspecified atom stereocenters. The highest BCUT2D eigenvalue weighted by Crippen LogP contribution is 2.23. The number of nitrogens with zero attached hydrogens (tertiary/aromatic N) is 1. The average Bonchev–Trinajstić information content (AvgIpc) is 2.46. The van der Waals surface area contributed by atoms with Crippen LogP contribution in [0.4, 0.5) is 13.2 Å². The highest BCUT2D eigenvalue weighted by molar-refractivity contribution is 7.90. The average molecular weight is 385 g/mol. The Morgan fingerprint density at radius 2 is 1.75 bits per heavy atom. The molecule has 1 fully saturated rings. The van der Waals surface area contributed by atoms with Crippen molar-refractivity contribution < 1.29 is 26.4 Å². The van der Waals surface area contributed by atoms with E-state index in [-0.39, 0.29) is 30.8 Å². The lowest BCUT2D eigenvalue weighted by Gasteiger charge is -2.31. The molecule has 0 aromatic heterocycles. The Kier molecular flexibility index (Phi) is 5.77. The molecular weight excluding hydrogens is 369 g/mol. The number of amides is 1. The molecule has 1 aliphatic heterocycles. The summed E-state index contributed by atoms with van der Waals surface area (Å²) in [6.07, 6.45) is -3.93. The number of sulfonamides is 1. The molecule has 0 aliphatic carbocycles. The van der Waals surface area contributed by atoms with Gasteiger partial charge in [0.15, 0.2) is 0 Å². The van der Waals surface area contributed by atoms with E-state index in [1.807, 2.05) is 4.72 Å². The number of halogens is 4. The summed E-state index contributed by atoms with van der Waals surface area (Å²) in [6, 6.07) is 5.31. The van der Waals surface area contributed by atoms with Crippen molar-refractivity contribution in [3.05, 3.63) is 29.3 Å². The molecule has 0 spiro atoms. The van der Waals surface area contributed by atoms with Crippen LogP contribution in [0.1, 0.15) is 12.8 Å². The molecule has 0 atom stereocenters. The molecule has 1 aromatic rings. The number of benzene rings is 1. The summed E-state index contributed by atoms with van der Waals surface area (Å²) >= 11 is 5.68. The predicted octanol–water partition coefficient (Wildman–Crippen LogP) is 2.42. The maximum atomic E-state index is 12.3. The summed E-state index contributed by atoms with van der Waals surface area (Å²) in [5.41, 5.74) is 0. The van der Waals surface area contributed by atoms with Crippen molar-refractivity contribution in [3.8, 4) is 0 Å². The largest absolute Gasteiger partial charge is 0.401 e. The number of carbonyl (C=O) groups excluding carboxylic acids is 1. The number of hydrogen-bond acceptors (Lipinski definition) is 4. The fourth-order valence-electron chi connectivity index (χ4n) is 2.50.